The van der Waals surface area contributed by atoms with E-state index in [1.54, 1.807) is 29.2 Å². The van der Waals surface area contributed by atoms with E-state index in [2.05, 4.69) is 15.8 Å². The molecule has 170 valence electrons. The second-order valence-electron chi connectivity index (χ2n) is 8.32. The van der Waals surface area contributed by atoms with Gasteiger partial charge in [-0.2, -0.15) is 0 Å². The molecule has 1 aliphatic heterocycles. The zero-order chi connectivity index (χ0) is 23.7. The summed E-state index contributed by atoms with van der Waals surface area (Å²) in [5, 5.41) is 1.05. The average Bonchev–Trinajstić information content (AvgIpc) is 3.34. The van der Waals surface area contributed by atoms with Crippen LogP contribution in [0.15, 0.2) is 78.9 Å². The molecule has 0 radical (unpaired) electrons. The molecule has 3 aromatic carbocycles. The summed E-state index contributed by atoms with van der Waals surface area (Å²) < 4.78 is 0. The summed E-state index contributed by atoms with van der Waals surface area (Å²) in [5.41, 5.74) is 9.93. The number of aryl methyl sites for hydroxylation is 1. The lowest BCUT2D eigenvalue weighted by atomic mass is 9.95. The predicted molar refractivity (Wildman–Crippen MR) is 129 cm³/mol. The van der Waals surface area contributed by atoms with E-state index in [0.717, 1.165) is 27.7 Å². The number of hydrazine groups is 1. The number of H-pyrrole nitrogens is 1. The number of amides is 3. The lowest BCUT2D eigenvalue weighted by Crippen LogP contribution is -2.43. The lowest BCUT2D eigenvalue weighted by molar-refractivity contribution is -0.122. The number of benzene rings is 3. The number of fused-ring (bicyclic) bond motifs is 2. The Kier molecular flexibility index (Phi) is 5.59. The number of para-hydroxylation sites is 1. The molecule has 4 aromatic rings. The maximum absolute atomic E-state index is 13.3. The third-order valence-electron chi connectivity index (χ3n) is 6.21. The summed E-state index contributed by atoms with van der Waals surface area (Å²) in [4.78, 5) is 43.2. The van der Waals surface area contributed by atoms with Crippen molar-refractivity contribution < 1.29 is 14.4 Å². The number of aromatic amines is 1. The van der Waals surface area contributed by atoms with E-state index in [-0.39, 0.29) is 30.8 Å². The molecule has 7 nitrogen and oxygen atoms in total. The fourth-order valence-corrected chi connectivity index (χ4v) is 4.64. The van der Waals surface area contributed by atoms with Crippen LogP contribution in [0.3, 0.4) is 0 Å². The van der Waals surface area contributed by atoms with Gasteiger partial charge in [-0.05, 0) is 36.8 Å². The van der Waals surface area contributed by atoms with Crippen LogP contribution in [0.1, 0.15) is 50.0 Å². The quantitative estimate of drug-likeness (QED) is 0.401. The Labute approximate surface area is 196 Å². The van der Waals surface area contributed by atoms with Crippen molar-refractivity contribution in [3.63, 3.8) is 0 Å². The van der Waals surface area contributed by atoms with Gasteiger partial charge >= 0.3 is 0 Å². The number of nitrogens with one attached hydrogen (secondary N) is 3. The van der Waals surface area contributed by atoms with Crippen LogP contribution in [0, 0.1) is 6.92 Å². The molecule has 3 N–H and O–H groups in total. The molecule has 7 heteroatoms. The monoisotopic (exact) mass is 452 g/mol. The maximum atomic E-state index is 13.3. The van der Waals surface area contributed by atoms with Crippen molar-refractivity contribution in [2.24, 2.45) is 0 Å². The van der Waals surface area contributed by atoms with Crippen molar-refractivity contribution in [2.45, 2.75) is 19.4 Å². The van der Waals surface area contributed by atoms with Gasteiger partial charge in [0.05, 0.1) is 6.04 Å². The third kappa shape index (κ3) is 3.81. The number of carbonyl (C=O) groups excluding carboxylic acids is 3. The first-order chi connectivity index (χ1) is 16.5. The number of nitrogens with zero attached hydrogens (tertiary/aromatic N) is 1. The number of rotatable bonds is 5. The first-order valence-electron chi connectivity index (χ1n) is 11.2. The molecule has 1 unspecified atom stereocenters. The second-order valence-corrected chi connectivity index (χ2v) is 8.32. The minimum absolute atomic E-state index is 0.0483. The third-order valence-corrected chi connectivity index (χ3v) is 6.21. The standard InChI is InChI=1S/C27H24N4O3/c1-17-24(21-13-7-8-14-22(21)28-17)25-19-11-5-6-12-20(19)27(34)31(25)16-15-23(32)29-30-26(33)18-9-3-2-4-10-18/h2-14,25,28H,15-16H2,1H3,(H,29,32)(H,30,33). The van der Waals surface area contributed by atoms with Gasteiger partial charge in [0.2, 0.25) is 5.91 Å². The minimum Gasteiger partial charge on any atom is -0.358 e. The summed E-state index contributed by atoms with van der Waals surface area (Å²) in [6, 6.07) is 23.9. The highest BCUT2D eigenvalue weighted by Gasteiger charge is 2.39. The van der Waals surface area contributed by atoms with Crippen LogP contribution in [-0.2, 0) is 4.79 Å². The second kappa shape index (κ2) is 8.86. The van der Waals surface area contributed by atoms with Crippen molar-refractivity contribution in [1.29, 1.82) is 0 Å². The molecule has 0 fully saturated rings. The van der Waals surface area contributed by atoms with Crippen molar-refractivity contribution in [1.82, 2.24) is 20.7 Å². The predicted octanol–water partition coefficient (Wildman–Crippen LogP) is 3.87. The van der Waals surface area contributed by atoms with Crippen LogP contribution in [-0.4, -0.2) is 34.2 Å². The van der Waals surface area contributed by atoms with Gasteiger partial charge in [0.25, 0.3) is 11.8 Å². The summed E-state index contributed by atoms with van der Waals surface area (Å²) >= 11 is 0. The van der Waals surface area contributed by atoms with E-state index in [9.17, 15) is 14.4 Å². The summed E-state index contributed by atoms with van der Waals surface area (Å²) in [6.07, 6.45) is 0.0483. The summed E-state index contributed by atoms with van der Waals surface area (Å²) in [5.74, 6) is -0.875. The van der Waals surface area contributed by atoms with Gasteiger partial charge in [-0.25, -0.2) is 0 Å². The van der Waals surface area contributed by atoms with Crippen LogP contribution in [0.2, 0.25) is 0 Å². The molecule has 0 saturated carbocycles. The van der Waals surface area contributed by atoms with Gasteiger partial charge in [0, 0.05) is 46.3 Å². The van der Waals surface area contributed by atoms with Gasteiger partial charge in [0.15, 0.2) is 0 Å². The van der Waals surface area contributed by atoms with Crippen molar-refractivity contribution >= 4 is 28.6 Å². The molecule has 1 aliphatic rings. The van der Waals surface area contributed by atoms with Crippen LogP contribution in [0.4, 0.5) is 0 Å². The van der Waals surface area contributed by atoms with E-state index in [0.29, 0.717) is 11.1 Å². The van der Waals surface area contributed by atoms with E-state index in [1.807, 2.05) is 61.5 Å². The SMILES string of the molecule is Cc1[nH]c2ccccc2c1C1c2ccccc2C(=O)N1CCC(=O)NNC(=O)c1ccccc1. The number of hydrogen-bond acceptors (Lipinski definition) is 3. The topological polar surface area (TPSA) is 94.3 Å². The van der Waals surface area contributed by atoms with Crippen LogP contribution in [0.25, 0.3) is 10.9 Å². The van der Waals surface area contributed by atoms with E-state index in [4.69, 9.17) is 0 Å². The molecular weight excluding hydrogens is 428 g/mol. The molecule has 0 bridgehead atoms. The van der Waals surface area contributed by atoms with Gasteiger partial charge in [-0.1, -0.05) is 54.6 Å². The highest BCUT2D eigenvalue weighted by atomic mass is 16.2. The van der Waals surface area contributed by atoms with Crippen LogP contribution < -0.4 is 10.9 Å². The summed E-state index contributed by atoms with van der Waals surface area (Å²) in [6.45, 7) is 2.22. The van der Waals surface area contributed by atoms with Crippen LogP contribution >= 0.6 is 0 Å². The molecular formula is C27H24N4O3. The number of hydrogen-bond donors (Lipinski definition) is 3. The van der Waals surface area contributed by atoms with Crippen molar-refractivity contribution in [2.75, 3.05) is 6.54 Å². The normalized spacial score (nSPS) is 14.8. The van der Waals surface area contributed by atoms with E-state index >= 15 is 0 Å². The Balaban J connectivity index is 1.36. The average molecular weight is 453 g/mol. The zero-order valence-electron chi connectivity index (χ0n) is 18.7. The molecule has 3 amide bonds. The van der Waals surface area contributed by atoms with Gasteiger partial charge in [0.1, 0.15) is 0 Å². The highest BCUT2D eigenvalue weighted by molar-refractivity contribution is 6.01. The number of carbonyl (C=O) groups is 3. The Morgan fingerprint density at radius 2 is 1.62 bits per heavy atom. The molecule has 1 atom stereocenters. The molecule has 34 heavy (non-hydrogen) atoms. The molecule has 5 rings (SSSR count). The fraction of sp³-hybridized carbons (Fsp3) is 0.148. The maximum Gasteiger partial charge on any atom is 0.269 e. The summed E-state index contributed by atoms with van der Waals surface area (Å²) in [7, 11) is 0. The largest absolute Gasteiger partial charge is 0.358 e. The number of aromatic nitrogens is 1. The lowest BCUT2D eigenvalue weighted by Gasteiger charge is -2.26. The molecule has 0 aliphatic carbocycles. The molecule has 1 aromatic heterocycles. The highest BCUT2D eigenvalue weighted by Crippen LogP contribution is 2.42. The van der Waals surface area contributed by atoms with Gasteiger partial charge in [-0.15, -0.1) is 0 Å². The minimum atomic E-state index is -0.397. The van der Waals surface area contributed by atoms with Gasteiger partial charge in [-0.3, -0.25) is 25.2 Å². The van der Waals surface area contributed by atoms with Gasteiger partial charge < -0.3 is 9.88 Å². The first-order valence-corrected chi connectivity index (χ1v) is 11.2. The van der Waals surface area contributed by atoms with Crippen molar-refractivity contribution in [3.8, 4) is 0 Å². The molecule has 0 saturated heterocycles. The van der Waals surface area contributed by atoms with E-state index < -0.39 is 5.91 Å². The van der Waals surface area contributed by atoms with Crippen molar-refractivity contribution in [3.05, 3.63) is 107 Å². The molecule has 2 heterocycles. The molecule has 0 spiro atoms. The smallest absolute Gasteiger partial charge is 0.269 e. The Hall–Kier alpha value is -4.39. The first kappa shape index (κ1) is 21.5. The van der Waals surface area contributed by atoms with Crippen LogP contribution in [0.5, 0.6) is 0 Å². The Morgan fingerprint density at radius 3 is 2.44 bits per heavy atom. The van der Waals surface area contributed by atoms with E-state index in [1.165, 1.54) is 0 Å². The zero-order valence-corrected chi connectivity index (χ0v) is 18.7. The Bertz CT molecular complexity index is 1390. The fourth-order valence-electron chi connectivity index (χ4n) is 4.64. The Morgan fingerprint density at radius 1 is 0.912 bits per heavy atom.